The van der Waals surface area contributed by atoms with Crippen molar-refractivity contribution < 1.29 is 0 Å². The van der Waals surface area contributed by atoms with Crippen molar-refractivity contribution in [3.8, 4) is 0 Å². The van der Waals surface area contributed by atoms with E-state index >= 15 is 0 Å². The molecule has 0 heterocycles. The van der Waals surface area contributed by atoms with Crippen molar-refractivity contribution in [3.05, 3.63) is 11.1 Å². The molecule has 0 fully saturated rings. The van der Waals surface area contributed by atoms with E-state index in [2.05, 4.69) is 48.5 Å². The molecule has 0 nitrogen and oxygen atoms in total. The van der Waals surface area contributed by atoms with E-state index in [1.54, 1.807) is 11.1 Å². The van der Waals surface area contributed by atoms with Gasteiger partial charge < -0.3 is 0 Å². The minimum absolute atomic E-state index is 0.821. The fraction of sp³-hybridized carbons (Fsp3) is 0.900. The summed E-state index contributed by atoms with van der Waals surface area (Å²) in [6, 6.07) is 0. The third-order valence-corrected chi connectivity index (χ3v) is 5.97. The molecule has 4 unspecified atom stereocenters. The van der Waals surface area contributed by atoms with Crippen LogP contribution in [0.3, 0.4) is 0 Å². The van der Waals surface area contributed by atoms with Crippen molar-refractivity contribution in [2.75, 3.05) is 0 Å². The predicted molar refractivity (Wildman–Crippen MR) is 91.9 cm³/mol. The fourth-order valence-corrected chi connectivity index (χ4v) is 3.58. The zero-order chi connectivity index (χ0) is 15.3. The maximum absolute atomic E-state index is 2.47. The second-order valence-corrected chi connectivity index (χ2v) is 8.07. The third-order valence-electron chi connectivity index (χ3n) is 5.97. The van der Waals surface area contributed by atoms with Crippen molar-refractivity contribution in [2.24, 2.45) is 29.6 Å². The normalized spacial score (nSPS) is 27.0. The Hall–Kier alpha value is -0.260. The summed E-state index contributed by atoms with van der Waals surface area (Å²) in [6.45, 7) is 16.9. The first-order valence-corrected chi connectivity index (χ1v) is 9.01. The van der Waals surface area contributed by atoms with E-state index in [-0.39, 0.29) is 0 Å². The van der Waals surface area contributed by atoms with Gasteiger partial charge in [0.2, 0.25) is 0 Å². The molecule has 0 heteroatoms. The van der Waals surface area contributed by atoms with Crippen LogP contribution in [-0.2, 0) is 0 Å². The van der Waals surface area contributed by atoms with Crippen molar-refractivity contribution in [3.63, 3.8) is 0 Å². The lowest BCUT2D eigenvalue weighted by Crippen LogP contribution is -2.18. The fourth-order valence-electron chi connectivity index (χ4n) is 3.58. The molecule has 0 saturated carbocycles. The van der Waals surface area contributed by atoms with Crippen LogP contribution in [0.15, 0.2) is 11.1 Å². The molecule has 0 bridgehead atoms. The van der Waals surface area contributed by atoms with Crippen molar-refractivity contribution in [2.45, 2.75) is 87.0 Å². The van der Waals surface area contributed by atoms with Gasteiger partial charge in [0.05, 0.1) is 0 Å². The highest BCUT2D eigenvalue weighted by atomic mass is 14.3. The van der Waals surface area contributed by atoms with Crippen LogP contribution < -0.4 is 0 Å². The second-order valence-electron chi connectivity index (χ2n) is 8.07. The van der Waals surface area contributed by atoms with E-state index < -0.39 is 0 Å². The number of rotatable bonds is 7. The molecule has 0 saturated heterocycles. The van der Waals surface area contributed by atoms with Crippen LogP contribution in [0.1, 0.15) is 87.0 Å². The molecular formula is C20H38. The van der Waals surface area contributed by atoms with Gasteiger partial charge in [-0.15, -0.1) is 0 Å². The average molecular weight is 279 g/mol. The monoisotopic (exact) mass is 278 g/mol. The molecule has 0 radical (unpaired) electrons. The molecule has 0 aliphatic heterocycles. The highest BCUT2D eigenvalue weighted by Crippen LogP contribution is 2.37. The van der Waals surface area contributed by atoms with E-state index in [1.807, 2.05) is 0 Å². The largest absolute Gasteiger partial charge is 0.0738 e. The average Bonchev–Trinajstić information content (AvgIpc) is 2.40. The van der Waals surface area contributed by atoms with E-state index in [4.69, 9.17) is 0 Å². The summed E-state index contributed by atoms with van der Waals surface area (Å²) >= 11 is 0. The number of hydrogen-bond acceptors (Lipinski definition) is 0. The van der Waals surface area contributed by atoms with Gasteiger partial charge in [-0.2, -0.15) is 0 Å². The lowest BCUT2D eigenvalue weighted by atomic mass is 9.74. The molecule has 0 aromatic rings. The smallest absolute Gasteiger partial charge is 0.0203 e. The van der Waals surface area contributed by atoms with Crippen LogP contribution in [0.4, 0.5) is 0 Å². The number of allylic oxidation sites excluding steroid dienone is 2. The Kier molecular flexibility index (Phi) is 7.34. The third kappa shape index (κ3) is 5.26. The number of hydrogen-bond donors (Lipinski definition) is 0. The van der Waals surface area contributed by atoms with Crippen molar-refractivity contribution in [1.29, 1.82) is 0 Å². The Labute approximate surface area is 128 Å². The topological polar surface area (TPSA) is 0 Å². The Bertz CT molecular complexity index is 310. The summed E-state index contributed by atoms with van der Waals surface area (Å²) < 4.78 is 0. The second kappa shape index (κ2) is 8.25. The minimum Gasteiger partial charge on any atom is -0.0738 e. The standard InChI is InChI=1S/C20H38/c1-14(2)8-9-15(3)16(4)12-13-20-18(6)11-10-17(5)19(20)7/h14-17,19H,8-13H2,1-7H3. The molecule has 0 amide bonds. The first-order chi connectivity index (χ1) is 9.32. The zero-order valence-corrected chi connectivity index (χ0v) is 15.1. The lowest BCUT2D eigenvalue weighted by Gasteiger charge is -2.31. The van der Waals surface area contributed by atoms with Crippen molar-refractivity contribution in [1.82, 2.24) is 0 Å². The highest BCUT2D eigenvalue weighted by Gasteiger charge is 2.24. The van der Waals surface area contributed by atoms with Crippen LogP contribution in [0, 0.1) is 29.6 Å². The van der Waals surface area contributed by atoms with E-state index in [9.17, 15) is 0 Å². The van der Waals surface area contributed by atoms with Crippen LogP contribution in [0.2, 0.25) is 0 Å². The first kappa shape index (κ1) is 17.8. The summed E-state index contributed by atoms with van der Waals surface area (Å²) in [4.78, 5) is 0. The Balaban J connectivity index is 2.45. The van der Waals surface area contributed by atoms with Crippen LogP contribution in [-0.4, -0.2) is 0 Å². The maximum Gasteiger partial charge on any atom is -0.0203 e. The SMILES string of the molecule is CC1=C(CCC(C)C(C)CCC(C)C)C(C)C(C)CC1. The molecule has 0 N–H and O–H groups in total. The molecule has 1 aliphatic rings. The van der Waals surface area contributed by atoms with Crippen LogP contribution in [0.5, 0.6) is 0 Å². The van der Waals surface area contributed by atoms with Gasteiger partial charge >= 0.3 is 0 Å². The quantitative estimate of drug-likeness (QED) is 0.446. The molecule has 1 rings (SSSR count). The van der Waals surface area contributed by atoms with Crippen LogP contribution >= 0.6 is 0 Å². The molecule has 4 atom stereocenters. The lowest BCUT2D eigenvalue weighted by molar-refractivity contribution is 0.308. The van der Waals surface area contributed by atoms with E-state index in [1.165, 1.54) is 38.5 Å². The molecule has 0 aromatic carbocycles. The zero-order valence-electron chi connectivity index (χ0n) is 15.1. The first-order valence-electron chi connectivity index (χ1n) is 9.01. The molecule has 118 valence electrons. The van der Waals surface area contributed by atoms with Crippen LogP contribution in [0.25, 0.3) is 0 Å². The van der Waals surface area contributed by atoms with Gasteiger partial charge in [-0.25, -0.2) is 0 Å². The molecule has 20 heavy (non-hydrogen) atoms. The maximum atomic E-state index is 2.47. The minimum atomic E-state index is 0.821. The highest BCUT2D eigenvalue weighted by molar-refractivity contribution is 5.18. The summed E-state index contributed by atoms with van der Waals surface area (Å²) in [7, 11) is 0. The van der Waals surface area contributed by atoms with Gasteiger partial charge in [0.25, 0.3) is 0 Å². The molecule has 0 aromatic heterocycles. The molecule has 1 aliphatic carbocycles. The predicted octanol–water partition coefficient (Wildman–Crippen LogP) is 6.86. The molecule has 0 spiro atoms. The Morgan fingerprint density at radius 2 is 1.55 bits per heavy atom. The van der Waals surface area contributed by atoms with Gasteiger partial charge in [-0.3, -0.25) is 0 Å². The van der Waals surface area contributed by atoms with Gasteiger partial charge in [-0.1, -0.05) is 65.5 Å². The Morgan fingerprint density at radius 1 is 0.950 bits per heavy atom. The summed E-state index contributed by atoms with van der Waals surface area (Å²) in [6.07, 6.45) is 8.28. The summed E-state index contributed by atoms with van der Waals surface area (Å²) in [5, 5.41) is 0. The van der Waals surface area contributed by atoms with Gasteiger partial charge in [-0.05, 0) is 62.2 Å². The molecular weight excluding hydrogens is 240 g/mol. The summed E-state index contributed by atoms with van der Waals surface area (Å²) in [5.41, 5.74) is 3.50. The Morgan fingerprint density at radius 3 is 2.15 bits per heavy atom. The van der Waals surface area contributed by atoms with Gasteiger partial charge in [0.1, 0.15) is 0 Å². The van der Waals surface area contributed by atoms with E-state index in [0.717, 1.165) is 29.6 Å². The summed E-state index contributed by atoms with van der Waals surface area (Å²) in [5.74, 6) is 4.33. The van der Waals surface area contributed by atoms with Crippen molar-refractivity contribution >= 4 is 0 Å². The van der Waals surface area contributed by atoms with Gasteiger partial charge in [0.15, 0.2) is 0 Å². The van der Waals surface area contributed by atoms with Gasteiger partial charge in [0, 0.05) is 0 Å². The van der Waals surface area contributed by atoms with E-state index in [0.29, 0.717) is 0 Å².